The van der Waals surface area contributed by atoms with E-state index in [1.807, 2.05) is 0 Å². The minimum atomic E-state index is -3.99. The molecule has 9 heteroatoms. The van der Waals surface area contributed by atoms with E-state index < -0.39 is 9.05 Å². The van der Waals surface area contributed by atoms with Crippen LogP contribution in [0.15, 0.2) is 17.0 Å². The summed E-state index contributed by atoms with van der Waals surface area (Å²) in [5, 5.41) is -0.314. The van der Waals surface area contributed by atoms with Crippen molar-refractivity contribution in [2.24, 2.45) is 0 Å². The zero-order valence-electron chi connectivity index (χ0n) is 10.8. The Balaban J connectivity index is 2.11. The summed E-state index contributed by atoms with van der Waals surface area (Å²) in [6, 6.07) is 2.51. The smallest absolute Gasteiger partial charge is 0.262 e. The number of hydrogen-bond acceptors (Lipinski definition) is 4. The number of halogens is 3. The maximum absolute atomic E-state index is 11.8. The molecular formula is C12H12Cl3NO4S. The molecule has 0 atom stereocenters. The van der Waals surface area contributed by atoms with Gasteiger partial charge in [0.2, 0.25) is 0 Å². The monoisotopic (exact) mass is 371 g/mol. The summed E-state index contributed by atoms with van der Waals surface area (Å²) in [5.74, 6) is -0.00740. The fourth-order valence-electron chi connectivity index (χ4n) is 2.01. The minimum absolute atomic E-state index is 0.0902. The van der Waals surface area contributed by atoms with Crippen LogP contribution in [-0.4, -0.2) is 38.9 Å². The number of carbonyl (C=O) groups excluding carboxylic acids is 1. The molecule has 0 aliphatic carbocycles. The second-order valence-corrected chi connectivity index (χ2v) is 7.79. The average Bonchev–Trinajstić information content (AvgIpc) is 2.92. The van der Waals surface area contributed by atoms with Crippen molar-refractivity contribution in [2.45, 2.75) is 17.7 Å². The van der Waals surface area contributed by atoms with E-state index in [2.05, 4.69) is 0 Å². The molecule has 21 heavy (non-hydrogen) atoms. The van der Waals surface area contributed by atoms with E-state index in [0.29, 0.717) is 0 Å². The fraction of sp³-hybridized carbons (Fsp3) is 0.417. The van der Waals surface area contributed by atoms with Crippen LogP contribution >= 0.6 is 33.9 Å². The number of ether oxygens (including phenoxy) is 1. The average molecular weight is 373 g/mol. The van der Waals surface area contributed by atoms with E-state index in [1.54, 1.807) is 4.90 Å². The van der Waals surface area contributed by atoms with Gasteiger partial charge in [0.25, 0.3) is 15.0 Å². The third-order valence-electron chi connectivity index (χ3n) is 3.08. The lowest BCUT2D eigenvalue weighted by molar-refractivity contribution is -0.132. The largest absolute Gasteiger partial charge is 0.482 e. The summed E-state index contributed by atoms with van der Waals surface area (Å²) in [6.07, 6.45) is 1.97. The first-order valence-electron chi connectivity index (χ1n) is 6.14. The van der Waals surface area contributed by atoms with Crippen molar-refractivity contribution in [3.8, 4) is 5.75 Å². The van der Waals surface area contributed by atoms with Crippen LogP contribution in [0.2, 0.25) is 10.0 Å². The lowest BCUT2D eigenvalue weighted by Crippen LogP contribution is -2.32. The maximum Gasteiger partial charge on any atom is 0.262 e. The Morgan fingerprint density at radius 1 is 1.19 bits per heavy atom. The van der Waals surface area contributed by atoms with Gasteiger partial charge in [-0.15, -0.1) is 0 Å². The van der Waals surface area contributed by atoms with Gasteiger partial charge in [0, 0.05) is 23.8 Å². The Labute approximate surface area is 137 Å². The summed E-state index contributed by atoms with van der Waals surface area (Å²) in [5.41, 5.74) is 0. The van der Waals surface area contributed by atoms with Gasteiger partial charge in [0.1, 0.15) is 15.7 Å². The molecule has 1 amide bonds. The molecule has 0 aromatic heterocycles. The number of amides is 1. The normalized spacial score (nSPS) is 15.3. The van der Waals surface area contributed by atoms with E-state index in [9.17, 15) is 13.2 Å². The molecular weight excluding hydrogens is 361 g/mol. The van der Waals surface area contributed by atoms with Crippen LogP contribution in [0, 0.1) is 0 Å². The Bertz CT molecular complexity index is 657. The molecule has 5 nitrogen and oxygen atoms in total. The summed E-state index contributed by atoms with van der Waals surface area (Å²) in [4.78, 5) is 13.3. The van der Waals surface area contributed by atoms with Crippen molar-refractivity contribution in [2.75, 3.05) is 19.7 Å². The molecule has 0 N–H and O–H groups in total. The van der Waals surface area contributed by atoms with Gasteiger partial charge >= 0.3 is 0 Å². The highest BCUT2D eigenvalue weighted by Gasteiger charge is 2.22. The molecule has 1 aliphatic rings. The molecule has 0 spiro atoms. The topological polar surface area (TPSA) is 63.7 Å². The first-order chi connectivity index (χ1) is 9.80. The molecule has 2 rings (SSSR count). The van der Waals surface area contributed by atoms with Crippen molar-refractivity contribution in [3.63, 3.8) is 0 Å². The predicted octanol–water partition coefficient (Wildman–Crippen LogP) is 2.92. The van der Waals surface area contributed by atoms with Gasteiger partial charge in [-0.2, -0.15) is 0 Å². The van der Waals surface area contributed by atoms with E-state index in [4.69, 9.17) is 38.6 Å². The third kappa shape index (κ3) is 3.94. The van der Waals surface area contributed by atoms with E-state index in [0.717, 1.165) is 25.9 Å². The molecule has 0 saturated carbocycles. The molecule has 1 saturated heterocycles. The Morgan fingerprint density at radius 3 is 2.38 bits per heavy atom. The van der Waals surface area contributed by atoms with Crippen LogP contribution < -0.4 is 4.74 Å². The first-order valence-corrected chi connectivity index (χ1v) is 9.20. The van der Waals surface area contributed by atoms with Crippen molar-refractivity contribution in [1.29, 1.82) is 0 Å². The zero-order chi connectivity index (χ0) is 15.6. The van der Waals surface area contributed by atoms with Crippen LogP contribution in [0.1, 0.15) is 12.8 Å². The van der Waals surface area contributed by atoms with E-state index in [-0.39, 0.29) is 33.2 Å². The Kier molecular flexibility index (Phi) is 5.24. The number of carbonyl (C=O) groups is 1. The number of likely N-dealkylation sites (tertiary alicyclic amines) is 1. The molecule has 0 radical (unpaired) electrons. The Morgan fingerprint density at radius 2 is 1.81 bits per heavy atom. The van der Waals surface area contributed by atoms with Crippen LogP contribution in [0.25, 0.3) is 0 Å². The zero-order valence-corrected chi connectivity index (χ0v) is 13.9. The van der Waals surface area contributed by atoms with Gasteiger partial charge in [0.05, 0.1) is 5.02 Å². The van der Waals surface area contributed by atoms with E-state index >= 15 is 0 Å². The SMILES string of the molecule is O=C(COc1ccc(S(=O)(=O)Cl)c(Cl)c1Cl)N1CCCC1. The molecule has 116 valence electrons. The highest BCUT2D eigenvalue weighted by Crippen LogP contribution is 2.37. The lowest BCUT2D eigenvalue weighted by Gasteiger charge is -2.16. The lowest BCUT2D eigenvalue weighted by atomic mass is 10.3. The van der Waals surface area contributed by atoms with Gasteiger partial charge in [0.15, 0.2) is 6.61 Å². The summed E-state index contributed by atoms with van der Waals surface area (Å²) >= 11 is 11.8. The van der Waals surface area contributed by atoms with Gasteiger partial charge in [-0.1, -0.05) is 23.2 Å². The maximum atomic E-state index is 11.8. The van der Waals surface area contributed by atoms with E-state index in [1.165, 1.54) is 12.1 Å². The van der Waals surface area contributed by atoms with Crippen molar-refractivity contribution in [3.05, 3.63) is 22.2 Å². The van der Waals surface area contributed by atoms with Gasteiger partial charge in [-0.25, -0.2) is 8.42 Å². The molecule has 0 bridgehead atoms. The summed E-state index contributed by atoms with van der Waals surface area (Å²) in [7, 11) is 1.24. The van der Waals surface area contributed by atoms with Gasteiger partial charge in [-0.3, -0.25) is 4.79 Å². The predicted molar refractivity (Wildman–Crippen MR) is 80.8 cm³/mol. The molecule has 1 aromatic carbocycles. The number of nitrogens with zero attached hydrogens (tertiary/aromatic N) is 1. The molecule has 1 aromatic rings. The highest BCUT2D eigenvalue weighted by molar-refractivity contribution is 8.13. The van der Waals surface area contributed by atoms with Crippen LogP contribution in [0.4, 0.5) is 0 Å². The second-order valence-electron chi connectivity index (χ2n) is 4.50. The quantitative estimate of drug-likeness (QED) is 0.762. The van der Waals surface area contributed by atoms with Crippen molar-refractivity contribution >= 4 is 48.8 Å². The standard InChI is InChI=1S/C12H12Cl3NO4S/c13-11-8(3-4-9(12(11)14)21(15,18)19)20-7-10(17)16-5-1-2-6-16/h3-4H,1-2,5-7H2. The van der Waals surface area contributed by atoms with Crippen molar-refractivity contribution < 1.29 is 17.9 Å². The van der Waals surface area contributed by atoms with Crippen LogP contribution in [0.5, 0.6) is 5.75 Å². The molecule has 1 heterocycles. The van der Waals surface area contributed by atoms with Gasteiger partial charge < -0.3 is 9.64 Å². The molecule has 1 aliphatic heterocycles. The van der Waals surface area contributed by atoms with Gasteiger partial charge in [-0.05, 0) is 25.0 Å². The number of hydrogen-bond donors (Lipinski definition) is 0. The second kappa shape index (κ2) is 6.60. The molecule has 0 unspecified atom stereocenters. The first kappa shape index (κ1) is 16.7. The molecule has 1 fully saturated rings. The third-order valence-corrected chi connectivity index (χ3v) is 5.42. The Hall–Kier alpha value is -0.690. The van der Waals surface area contributed by atoms with Crippen LogP contribution in [-0.2, 0) is 13.8 Å². The summed E-state index contributed by atoms with van der Waals surface area (Å²) in [6.45, 7) is 1.27. The highest BCUT2D eigenvalue weighted by atomic mass is 35.7. The summed E-state index contributed by atoms with van der Waals surface area (Å²) < 4.78 is 27.9. The van der Waals surface area contributed by atoms with Crippen LogP contribution in [0.3, 0.4) is 0 Å². The van der Waals surface area contributed by atoms with Crippen molar-refractivity contribution in [1.82, 2.24) is 4.90 Å². The fourth-order valence-corrected chi connectivity index (χ4v) is 3.80. The number of benzene rings is 1. The number of rotatable bonds is 4. The minimum Gasteiger partial charge on any atom is -0.482 e.